The second kappa shape index (κ2) is 9.33. The third-order valence-electron chi connectivity index (χ3n) is 3.27. The van der Waals surface area contributed by atoms with Gasteiger partial charge in [0.1, 0.15) is 23.5 Å². The van der Waals surface area contributed by atoms with Gasteiger partial charge in [-0.2, -0.15) is 0 Å². The second-order valence-corrected chi connectivity index (χ2v) is 7.47. The van der Waals surface area contributed by atoms with Crippen molar-refractivity contribution in [3.8, 4) is 0 Å². The zero-order valence-corrected chi connectivity index (χ0v) is 16.0. The van der Waals surface area contributed by atoms with E-state index in [0.29, 0.717) is 12.9 Å². The average Bonchev–Trinajstić information content (AvgIpc) is 2.52. The third-order valence-corrected chi connectivity index (χ3v) is 3.27. The van der Waals surface area contributed by atoms with E-state index in [-0.39, 0.29) is 6.61 Å². The molecular weight excluding hydrogens is 336 g/mol. The number of hydrogen-bond donors (Lipinski definition) is 2. The van der Waals surface area contributed by atoms with Crippen molar-refractivity contribution in [3.05, 3.63) is 35.9 Å². The molecule has 0 aromatic heterocycles. The molecule has 0 aliphatic carbocycles. The van der Waals surface area contributed by atoms with Crippen molar-refractivity contribution < 1.29 is 23.9 Å². The first-order chi connectivity index (χ1) is 12.0. The predicted octanol–water partition coefficient (Wildman–Crippen LogP) is 2.19. The number of alkyl carbamates (subject to hydrolysis) is 1. The van der Waals surface area contributed by atoms with Crippen molar-refractivity contribution >= 4 is 18.3 Å². The van der Waals surface area contributed by atoms with E-state index in [1.807, 2.05) is 30.3 Å². The van der Waals surface area contributed by atoms with Gasteiger partial charge >= 0.3 is 6.09 Å². The zero-order chi connectivity index (χ0) is 19.8. The molecule has 0 aliphatic rings. The number of benzene rings is 1. The van der Waals surface area contributed by atoms with Gasteiger partial charge in [-0.25, -0.2) is 4.79 Å². The first-order valence-corrected chi connectivity index (χ1v) is 8.42. The summed E-state index contributed by atoms with van der Waals surface area (Å²) in [6.45, 7) is 8.61. The maximum absolute atomic E-state index is 12.4. The molecule has 1 aromatic carbocycles. The van der Waals surface area contributed by atoms with E-state index in [0.717, 1.165) is 5.56 Å². The second-order valence-electron chi connectivity index (χ2n) is 7.47. The van der Waals surface area contributed by atoms with Crippen LogP contribution in [-0.4, -0.2) is 42.1 Å². The number of hydrogen-bond acceptors (Lipinski definition) is 5. The Morgan fingerprint density at radius 3 is 2.27 bits per heavy atom. The van der Waals surface area contributed by atoms with Crippen LogP contribution in [-0.2, 0) is 25.7 Å². The van der Waals surface area contributed by atoms with Crippen LogP contribution in [0.2, 0.25) is 0 Å². The summed E-state index contributed by atoms with van der Waals surface area (Å²) in [6.07, 6.45) is -0.104. The molecule has 0 bridgehead atoms. The molecule has 1 rings (SSSR count). The highest BCUT2D eigenvalue weighted by Gasteiger charge is 2.32. The summed E-state index contributed by atoms with van der Waals surface area (Å²) in [5.74, 6) is -0.510. The van der Waals surface area contributed by atoms with Crippen molar-refractivity contribution in [2.75, 3.05) is 6.61 Å². The number of amides is 2. The monoisotopic (exact) mass is 364 g/mol. The van der Waals surface area contributed by atoms with Crippen LogP contribution in [0.15, 0.2) is 30.3 Å². The number of ether oxygens (including phenoxy) is 2. The van der Waals surface area contributed by atoms with Crippen LogP contribution in [0, 0.1) is 0 Å². The summed E-state index contributed by atoms with van der Waals surface area (Å²) in [5.41, 5.74) is -0.952. The van der Waals surface area contributed by atoms with Gasteiger partial charge in [0.05, 0.1) is 13.2 Å². The molecule has 1 atom stereocenters. The molecule has 0 saturated carbocycles. The molecule has 7 nitrogen and oxygen atoms in total. The summed E-state index contributed by atoms with van der Waals surface area (Å²) in [5, 5.41) is 5.05. The molecule has 144 valence electrons. The van der Waals surface area contributed by atoms with E-state index in [9.17, 15) is 14.4 Å². The van der Waals surface area contributed by atoms with E-state index >= 15 is 0 Å². The summed E-state index contributed by atoms with van der Waals surface area (Å²) in [4.78, 5) is 35.4. The molecule has 26 heavy (non-hydrogen) atoms. The van der Waals surface area contributed by atoms with Gasteiger partial charge < -0.3 is 24.9 Å². The van der Waals surface area contributed by atoms with Gasteiger partial charge in [-0.1, -0.05) is 30.3 Å². The van der Waals surface area contributed by atoms with Crippen LogP contribution in [0.3, 0.4) is 0 Å². The first-order valence-electron chi connectivity index (χ1n) is 8.42. The van der Waals surface area contributed by atoms with Gasteiger partial charge in [0.2, 0.25) is 5.91 Å². The zero-order valence-electron chi connectivity index (χ0n) is 16.0. The lowest BCUT2D eigenvalue weighted by Gasteiger charge is -2.28. The van der Waals surface area contributed by atoms with Gasteiger partial charge in [-0.3, -0.25) is 4.79 Å². The molecule has 2 amide bonds. The van der Waals surface area contributed by atoms with E-state index in [2.05, 4.69) is 10.6 Å². The van der Waals surface area contributed by atoms with Crippen molar-refractivity contribution in [1.82, 2.24) is 10.6 Å². The van der Waals surface area contributed by atoms with Gasteiger partial charge in [0, 0.05) is 0 Å². The lowest BCUT2D eigenvalue weighted by atomic mass is 10.0. The maximum atomic E-state index is 12.4. The molecule has 7 heteroatoms. The Labute approximate surface area is 154 Å². The van der Waals surface area contributed by atoms with E-state index < -0.39 is 29.2 Å². The molecule has 1 aromatic rings. The van der Waals surface area contributed by atoms with Gasteiger partial charge in [-0.05, 0) is 40.2 Å². The summed E-state index contributed by atoms with van der Waals surface area (Å²) >= 11 is 0. The molecule has 0 saturated heterocycles. The number of rotatable bonds is 8. The maximum Gasteiger partial charge on any atom is 0.408 e. The van der Waals surface area contributed by atoms with Gasteiger partial charge in [-0.15, -0.1) is 0 Å². The van der Waals surface area contributed by atoms with Crippen molar-refractivity contribution in [2.24, 2.45) is 0 Å². The predicted molar refractivity (Wildman–Crippen MR) is 97.5 cm³/mol. The van der Waals surface area contributed by atoms with Crippen LogP contribution >= 0.6 is 0 Å². The van der Waals surface area contributed by atoms with E-state index in [1.165, 1.54) is 13.8 Å². The SMILES string of the molecule is CC(C)(C)OC(=O)NC(C)(C)C(=O)N[C@@H](C=O)COCc1ccccc1. The topological polar surface area (TPSA) is 93.7 Å². The highest BCUT2D eigenvalue weighted by atomic mass is 16.6. The molecule has 2 N–H and O–H groups in total. The minimum Gasteiger partial charge on any atom is -0.444 e. The molecule has 0 heterocycles. The molecule has 0 spiro atoms. The summed E-state index contributed by atoms with van der Waals surface area (Å²) in [7, 11) is 0. The molecule has 0 fully saturated rings. The average molecular weight is 364 g/mol. The van der Waals surface area contributed by atoms with Gasteiger partial charge in [0.25, 0.3) is 0 Å². The van der Waals surface area contributed by atoms with Crippen molar-refractivity contribution in [3.63, 3.8) is 0 Å². The Balaban J connectivity index is 2.50. The normalized spacial score (nSPS) is 12.8. The number of aldehydes is 1. The highest BCUT2D eigenvalue weighted by molar-refractivity contribution is 5.90. The fourth-order valence-corrected chi connectivity index (χ4v) is 1.96. The number of carbonyl (C=O) groups excluding carboxylic acids is 3. The summed E-state index contributed by atoms with van der Waals surface area (Å²) in [6, 6.07) is 8.68. The fraction of sp³-hybridized carbons (Fsp3) is 0.526. The van der Waals surface area contributed by atoms with Crippen LogP contribution in [0.4, 0.5) is 4.79 Å². The van der Waals surface area contributed by atoms with Crippen LogP contribution < -0.4 is 10.6 Å². The quantitative estimate of drug-likeness (QED) is 0.690. The van der Waals surface area contributed by atoms with Crippen LogP contribution in [0.1, 0.15) is 40.2 Å². The Hall–Kier alpha value is -2.41. The minimum atomic E-state index is -1.25. The molecule has 0 unspecified atom stereocenters. The minimum absolute atomic E-state index is 0.0344. The van der Waals surface area contributed by atoms with Crippen LogP contribution in [0.25, 0.3) is 0 Å². The Morgan fingerprint density at radius 2 is 1.73 bits per heavy atom. The Kier molecular flexibility index (Phi) is 7.76. The molecule has 0 radical (unpaired) electrons. The molecular formula is C19H28N2O5. The van der Waals surface area contributed by atoms with Crippen molar-refractivity contribution in [1.29, 1.82) is 0 Å². The number of nitrogens with one attached hydrogen (secondary N) is 2. The van der Waals surface area contributed by atoms with Crippen molar-refractivity contribution in [2.45, 2.75) is 58.4 Å². The third kappa shape index (κ3) is 8.11. The lowest BCUT2D eigenvalue weighted by molar-refractivity contribution is -0.129. The Bertz CT molecular complexity index is 608. The largest absolute Gasteiger partial charge is 0.444 e. The standard InChI is InChI=1S/C19H28N2O5/c1-18(2,3)26-17(24)21-19(4,5)16(23)20-15(11-22)13-25-12-14-9-7-6-8-10-14/h6-11,15H,12-13H2,1-5H3,(H,20,23)(H,21,24)/t15-/m0/s1. The Morgan fingerprint density at radius 1 is 1.12 bits per heavy atom. The highest BCUT2D eigenvalue weighted by Crippen LogP contribution is 2.10. The van der Waals surface area contributed by atoms with Crippen LogP contribution in [0.5, 0.6) is 0 Å². The van der Waals surface area contributed by atoms with E-state index in [1.54, 1.807) is 20.8 Å². The molecule has 0 aliphatic heterocycles. The fourth-order valence-electron chi connectivity index (χ4n) is 1.96. The van der Waals surface area contributed by atoms with Gasteiger partial charge in [0.15, 0.2) is 0 Å². The van der Waals surface area contributed by atoms with E-state index in [4.69, 9.17) is 9.47 Å². The first kappa shape index (κ1) is 21.6. The number of carbonyl (C=O) groups is 3. The lowest BCUT2D eigenvalue weighted by Crippen LogP contribution is -2.58. The summed E-state index contributed by atoms with van der Waals surface area (Å²) < 4.78 is 10.6. The smallest absolute Gasteiger partial charge is 0.408 e.